The van der Waals surface area contributed by atoms with Crippen molar-refractivity contribution in [3.8, 4) is 11.3 Å². The van der Waals surface area contributed by atoms with Crippen molar-refractivity contribution >= 4 is 46.0 Å². The predicted octanol–water partition coefficient (Wildman–Crippen LogP) is 5.78. The Balaban J connectivity index is 1.32. The van der Waals surface area contributed by atoms with Gasteiger partial charge in [0.15, 0.2) is 0 Å². The number of halogens is 1. The normalized spacial score (nSPS) is 10.7. The monoisotopic (exact) mass is 522 g/mol. The Morgan fingerprint density at radius 2 is 1.63 bits per heavy atom. The van der Waals surface area contributed by atoms with Crippen LogP contribution in [0.25, 0.3) is 22.2 Å². The van der Waals surface area contributed by atoms with E-state index >= 15 is 0 Å². The third kappa shape index (κ3) is 5.30. The van der Waals surface area contributed by atoms with E-state index in [1.807, 2.05) is 43.3 Å². The molecular weight excluding hydrogens is 500 g/mol. The molecule has 5 aromatic rings. The van der Waals surface area contributed by atoms with Crippen molar-refractivity contribution in [3.05, 3.63) is 112 Å². The number of benzene rings is 3. The molecular formula is C29H23ClN6O2. The van der Waals surface area contributed by atoms with Gasteiger partial charge in [-0.05, 0) is 61.4 Å². The number of rotatable bonds is 5. The highest BCUT2D eigenvalue weighted by atomic mass is 35.5. The second-order valence-electron chi connectivity index (χ2n) is 8.68. The summed E-state index contributed by atoms with van der Waals surface area (Å²) in [5.74, 6) is -0.609. The van der Waals surface area contributed by atoms with Gasteiger partial charge in [0.25, 0.3) is 11.8 Å². The van der Waals surface area contributed by atoms with Gasteiger partial charge in [0.05, 0.1) is 21.8 Å². The van der Waals surface area contributed by atoms with E-state index in [0.717, 1.165) is 22.0 Å². The number of hydrogen-bond acceptors (Lipinski definition) is 6. The molecule has 38 heavy (non-hydrogen) atoms. The molecule has 3 aromatic carbocycles. The lowest BCUT2D eigenvalue weighted by atomic mass is 10.1. The van der Waals surface area contributed by atoms with Gasteiger partial charge in [0.2, 0.25) is 5.95 Å². The largest absolute Gasteiger partial charge is 0.324 e. The first-order valence-corrected chi connectivity index (χ1v) is 12.2. The molecule has 0 unspecified atom stereocenters. The summed E-state index contributed by atoms with van der Waals surface area (Å²) in [6.07, 6.45) is 3.45. The summed E-state index contributed by atoms with van der Waals surface area (Å²) >= 11 is 6.15. The Morgan fingerprint density at radius 1 is 0.816 bits per heavy atom. The first-order valence-electron chi connectivity index (χ1n) is 11.8. The number of aromatic nitrogens is 3. The number of carbonyl (C=O) groups is 2. The van der Waals surface area contributed by atoms with Crippen LogP contribution < -0.4 is 16.2 Å². The molecule has 0 spiro atoms. The highest BCUT2D eigenvalue weighted by molar-refractivity contribution is 6.34. The molecule has 0 saturated carbocycles. The van der Waals surface area contributed by atoms with Crippen LogP contribution >= 0.6 is 11.6 Å². The standard InChI is InChI=1S/C29H23ClN6O2/c1-17-10-11-20(27(37)35-36-28(38)26-18(2)6-5-8-22(26)30)15-25(17)34-29-31-13-12-24(33-29)21-14-19-7-3-4-9-23(19)32-16-21/h3-16H,1-2H3,(H,35,37)(H,36,38)(H,31,33,34). The minimum atomic E-state index is -0.500. The predicted molar refractivity (Wildman–Crippen MR) is 148 cm³/mol. The Morgan fingerprint density at radius 3 is 2.47 bits per heavy atom. The van der Waals surface area contributed by atoms with E-state index in [2.05, 4.69) is 31.1 Å². The molecule has 0 bridgehead atoms. The Hall–Kier alpha value is -4.82. The number of aryl methyl sites for hydroxylation is 2. The number of hydrazine groups is 1. The summed E-state index contributed by atoms with van der Waals surface area (Å²) < 4.78 is 0. The van der Waals surface area contributed by atoms with Gasteiger partial charge < -0.3 is 5.32 Å². The summed E-state index contributed by atoms with van der Waals surface area (Å²) in [6, 6.07) is 22.0. The first kappa shape index (κ1) is 24.9. The van der Waals surface area contributed by atoms with Crippen LogP contribution in [0.15, 0.2) is 85.2 Å². The van der Waals surface area contributed by atoms with Crippen molar-refractivity contribution in [1.29, 1.82) is 0 Å². The van der Waals surface area contributed by atoms with E-state index in [1.54, 1.807) is 55.7 Å². The number of nitrogens with zero attached hydrogens (tertiary/aromatic N) is 3. The lowest BCUT2D eigenvalue weighted by Crippen LogP contribution is -2.42. The van der Waals surface area contributed by atoms with Crippen molar-refractivity contribution in [1.82, 2.24) is 25.8 Å². The molecule has 5 rings (SSSR count). The van der Waals surface area contributed by atoms with Crippen LogP contribution in [0.1, 0.15) is 31.8 Å². The van der Waals surface area contributed by atoms with Gasteiger partial charge in [0.1, 0.15) is 0 Å². The van der Waals surface area contributed by atoms with E-state index in [0.29, 0.717) is 39.0 Å². The number of pyridine rings is 1. The lowest BCUT2D eigenvalue weighted by Gasteiger charge is -2.13. The molecule has 2 amide bonds. The molecule has 0 radical (unpaired) electrons. The summed E-state index contributed by atoms with van der Waals surface area (Å²) in [7, 11) is 0. The van der Waals surface area contributed by atoms with Crippen LogP contribution in [-0.4, -0.2) is 26.8 Å². The fourth-order valence-corrected chi connectivity index (χ4v) is 4.28. The van der Waals surface area contributed by atoms with Crippen LogP contribution in [0, 0.1) is 13.8 Å². The van der Waals surface area contributed by atoms with E-state index in [1.165, 1.54) is 0 Å². The summed E-state index contributed by atoms with van der Waals surface area (Å²) in [5.41, 5.74) is 10.2. The van der Waals surface area contributed by atoms with Gasteiger partial charge in [0, 0.05) is 34.6 Å². The quantitative estimate of drug-likeness (QED) is 0.252. The van der Waals surface area contributed by atoms with Crippen LogP contribution in [0.5, 0.6) is 0 Å². The molecule has 0 aliphatic rings. The molecule has 8 nitrogen and oxygen atoms in total. The zero-order valence-corrected chi connectivity index (χ0v) is 21.4. The Bertz CT molecular complexity index is 1670. The van der Waals surface area contributed by atoms with Gasteiger partial charge in [-0.2, -0.15) is 0 Å². The second-order valence-corrected chi connectivity index (χ2v) is 9.08. The van der Waals surface area contributed by atoms with Crippen LogP contribution in [0.4, 0.5) is 11.6 Å². The van der Waals surface area contributed by atoms with E-state index in [-0.39, 0.29) is 0 Å². The zero-order chi connectivity index (χ0) is 26.6. The van der Waals surface area contributed by atoms with Crippen molar-refractivity contribution in [2.24, 2.45) is 0 Å². The number of nitrogens with one attached hydrogen (secondary N) is 3. The lowest BCUT2D eigenvalue weighted by molar-refractivity contribution is 0.0846. The van der Waals surface area contributed by atoms with Gasteiger partial charge in [-0.1, -0.05) is 48.0 Å². The van der Waals surface area contributed by atoms with Crippen molar-refractivity contribution in [2.45, 2.75) is 13.8 Å². The van der Waals surface area contributed by atoms with E-state index in [4.69, 9.17) is 11.6 Å². The minimum Gasteiger partial charge on any atom is -0.324 e. The van der Waals surface area contributed by atoms with E-state index < -0.39 is 11.8 Å². The fraction of sp³-hybridized carbons (Fsp3) is 0.0690. The molecule has 188 valence electrons. The SMILES string of the molecule is Cc1ccc(C(=O)NNC(=O)c2c(C)cccc2Cl)cc1Nc1nccc(-c2cnc3ccccc3c2)n1. The van der Waals surface area contributed by atoms with Gasteiger partial charge >= 0.3 is 0 Å². The Kier molecular flexibility index (Phi) is 6.97. The molecule has 0 saturated heterocycles. The van der Waals surface area contributed by atoms with Crippen LogP contribution in [-0.2, 0) is 0 Å². The van der Waals surface area contributed by atoms with Crippen LogP contribution in [0.3, 0.4) is 0 Å². The average Bonchev–Trinajstić information content (AvgIpc) is 2.92. The molecule has 0 fully saturated rings. The maximum atomic E-state index is 12.8. The van der Waals surface area contributed by atoms with Crippen molar-refractivity contribution < 1.29 is 9.59 Å². The zero-order valence-electron chi connectivity index (χ0n) is 20.6. The third-order valence-electron chi connectivity index (χ3n) is 6.03. The average molecular weight is 523 g/mol. The molecule has 0 atom stereocenters. The molecule has 2 aromatic heterocycles. The molecule has 0 aliphatic heterocycles. The van der Waals surface area contributed by atoms with Crippen molar-refractivity contribution in [2.75, 3.05) is 5.32 Å². The number of fused-ring (bicyclic) bond motifs is 1. The van der Waals surface area contributed by atoms with Crippen molar-refractivity contribution in [3.63, 3.8) is 0 Å². The molecule has 2 heterocycles. The summed E-state index contributed by atoms with van der Waals surface area (Å²) in [5, 5.41) is 4.52. The number of para-hydroxylation sites is 1. The molecule has 9 heteroatoms. The maximum absolute atomic E-state index is 12.8. The minimum absolute atomic E-state index is 0.305. The highest BCUT2D eigenvalue weighted by Crippen LogP contribution is 2.24. The highest BCUT2D eigenvalue weighted by Gasteiger charge is 2.15. The maximum Gasteiger partial charge on any atom is 0.271 e. The van der Waals surface area contributed by atoms with Gasteiger partial charge in [-0.15, -0.1) is 0 Å². The third-order valence-corrected chi connectivity index (χ3v) is 6.34. The van der Waals surface area contributed by atoms with E-state index in [9.17, 15) is 9.59 Å². The van der Waals surface area contributed by atoms with Gasteiger partial charge in [-0.25, -0.2) is 9.97 Å². The first-order chi connectivity index (χ1) is 18.4. The number of carbonyl (C=O) groups excluding carboxylic acids is 2. The van der Waals surface area contributed by atoms with Crippen LogP contribution in [0.2, 0.25) is 5.02 Å². The summed E-state index contributed by atoms with van der Waals surface area (Å²) in [6.45, 7) is 3.68. The molecule has 0 aliphatic carbocycles. The molecule has 3 N–H and O–H groups in total. The fourth-order valence-electron chi connectivity index (χ4n) is 3.98. The second kappa shape index (κ2) is 10.7. The summed E-state index contributed by atoms with van der Waals surface area (Å²) in [4.78, 5) is 38.8. The Labute approximate surface area is 224 Å². The number of anilines is 2. The topological polar surface area (TPSA) is 109 Å². The van der Waals surface area contributed by atoms with Gasteiger partial charge in [-0.3, -0.25) is 25.4 Å². The number of hydrogen-bond donors (Lipinski definition) is 3. The number of amides is 2. The smallest absolute Gasteiger partial charge is 0.271 e.